The van der Waals surface area contributed by atoms with Crippen LogP contribution in [-0.4, -0.2) is 11.7 Å². The predicted molar refractivity (Wildman–Crippen MR) is 35.5 cm³/mol. The largest absolute Gasteiger partial charge is 0.396 e. The van der Waals surface area contributed by atoms with Crippen LogP contribution in [0.1, 0.15) is 26.2 Å². The van der Waals surface area contributed by atoms with Gasteiger partial charge in [-0.25, -0.2) is 0 Å². The molecule has 0 saturated carbocycles. The summed E-state index contributed by atoms with van der Waals surface area (Å²) in [5, 5.41) is 8.39. The van der Waals surface area contributed by atoms with Gasteiger partial charge in [0.15, 0.2) is 0 Å². The summed E-state index contributed by atoms with van der Waals surface area (Å²) in [6, 6.07) is 0. The lowest BCUT2D eigenvalue weighted by molar-refractivity contribution is 0.274. The molecule has 0 aliphatic carbocycles. The molecule has 0 aliphatic rings. The van der Waals surface area contributed by atoms with E-state index in [1.54, 1.807) is 0 Å². The van der Waals surface area contributed by atoms with Crippen LogP contribution in [0.15, 0.2) is 0 Å². The van der Waals surface area contributed by atoms with E-state index in [-0.39, 0.29) is 0 Å². The van der Waals surface area contributed by atoms with E-state index in [1.807, 2.05) is 0 Å². The second kappa shape index (κ2) is 5.10. The molecule has 1 unspecified atom stereocenters. The van der Waals surface area contributed by atoms with Crippen LogP contribution in [0.25, 0.3) is 0 Å². The number of rotatable bonds is 4. The lowest BCUT2D eigenvalue weighted by Gasteiger charge is -2.04. The van der Waals surface area contributed by atoms with Crippen LogP contribution in [0.4, 0.5) is 0 Å². The van der Waals surface area contributed by atoms with E-state index in [9.17, 15) is 0 Å². The van der Waals surface area contributed by atoms with Gasteiger partial charge >= 0.3 is 0 Å². The maximum Gasteiger partial charge on any atom is 0.0431 e. The van der Waals surface area contributed by atoms with Crippen LogP contribution in [0, 0.1) is 12.8 Å². The standard InChI is InChI=1S/C7H15O/c1-3-7(2)5-4-6-8/h7-8H,1,3-6H2,2H3. The minimum Gasteiger partial charge on any atom is -0.396 e. The van der Waals surface area contributed by atoms with Crippen molar-refractivity contribution in [3.63, 3.8) is 0 Å². The van der Waals surface area contributed by atoms with Gasteiger partial charge in [-0.2, -0.15) is 0 Å². The first kappa shape index (κ1) is 7.96. The van der Waals surface area contributed by atoms with Gasteiger partial charge in [-0.15, -0.1) is 0 Å². The third-order valence-corrected chi connectivity index (χ3v) is 1.35. The average Bonchev–Trinajstić information content (AvgIpc) is 1.83. The summed E-state index contributed by atoms with van der Waals surface area (Å²) in [7, 11) is 0. The highest BCUT2D eigenvalue weighted by atomic mass is 16.2. The Morgan fingerprint density at radius 3 is 2.62 bits per heavy atom. The van der Waals surface area contributed by atoms with E-state index >= 15 is 0 Å². The topological polar surface area (TPSA) is 20.2 Å². The molecule has 0 amide bonds. The summed E-state index contributed by atoms with van der Waals surface area (Å²) in [5.41, 5.74) is 0. The Morgan fingerprint density at radius 2 is 2.25 bits per heavy atom. The number of hydrogen-bond acceptors (Lipinski definition) is 1. The smallest absolute Gasteiger partial charge is 0.0431 e. The van der Waals surface area contributed by atoms with Crippen molar-refractivity contribution in [1.82, 2.24) is 0 Å². The van der Waals surface area contributed by atoms with E-state index in [0.29, 0.717) is 12.5 Å². The van der Waals surface area contributed by atoms with E-state index in [0.717, 1.165) is 19.3 Å². The molecule has 0 rings (SSSR count). The highest BCUT2D eigenvalue weighted by molar-refractivity contribution is 4.52. The summed E-state index contributed by atoms with van der Waals surface area (Å²) >= 11 is 0. The first-order chi connectivity index (χ1) is 3.81. The quantitative estimate of drug-likeness (QED) is 0.590. The third kappa shape index (κ3) is 4.13. The maximum atomic E-state index is 8.39. The zero-order valence-corrected chi connectivity index (χ0v) is 5.56. The van der Waals surface area contributed by atoms with Gasteiger partial charge in [0, 0.05) is 6.61 Å². The molecule has 49 valence electrons. The second-order valence-electron chi connectivity index (χ2n) is 2.26. The van der Waals surface area contributed by atoms with E-state index in [2.05, 4.69) is 13.8 Å². The van der Waals surface area contributed by atoms with Gasteiger partial charge in [0.05, 0.1) is 0 Å². The van der Waals surface area contributed by atoms with Crippen molar-refractivity contribution in [3.8, 4) is 0 Å². The van der Waals surface area contributed by atoms with Crippen molar-refractivity contribution in [2.75, 3.05) is 6.61 Å². The Labute approximate surface area is 51.7 Å². The molecule has 0 aromatic heterocycles. The van der Waals surface area contributed by atoms with Crippen molar-refractivity contribution >= 4 is 0 Å². The van der Waals surface area contributed by atoms with Crippen LogP contribution in [0.3, 0.4) is 0 Å². The zero-order valence-electron chi connectivity index (χ0n) is 5.56. The van der Waals surface area contributed by atoms with Crippen LogP contribution >= 0.6 is 0 Å². The molecule has 1 atom stereocenters. The van der Waals surface area contributed by atoms with Crippen molar-refractivity contribution in [3.05, 3.63) is 6.92 Å². The molecule has 0 aromatic rings. The maximum absolute atomic E-state index is 8.39. The van der Waals surface area contributed by atoms with Crippen LogP contribution < -0.4 is 0 Å². The van der Waals surface area contributed by atoms with Crippen LogP contribution in [-0.2, 0) is 0 Å². The molecule has 0 heterocycles. The SMILES string of the molecule is [CH2]CC(C)CCCO. The molecule has 0 spiro atoms. The average molecular weight is 115 g/mol. The summed E-state index contributed by atoms with van der Waals surface area (Å²) in [4.78, 5) is 0. The summed E-state index contributed by atoms with van der Waals surface area (Å²) in [6.07, 6.45) is 3.02. The number of aliphatic hydroxyl groups is 1. The molecular weight excluding hydrogens is 100 g/mol. The van der Waals surface area contributed by atoms with Crippen molar-refractivity contribution in [1.29, 1.82) is 0 Å². The number of aliphatic hydroxyl groups excluding tert-OH is 1. The molecule has 8 heavy (non-hydrogen) atoms. The Morgan fingerprint density at radius 1 is 1.62 bits per heavy atom. The minimum atomic E-state index is 0.324. The highest BCUT2D eigenvalue weighted by Gasteiger charge is 1.95. The molecule has 1 heteroatoms. The molecule has 1 N–H and O–H groups in total. The van der Waals surface area contributed by atoms with Gasteiger partial charge in [0.25, 0.3) is 0 Å². The van der Waals surface area contributed by atoms with Gasteiger partial charge in [-0.3, -0.25) is 0 Å². The van der Waals surface area contributed by atoms with Crippen molar-refractivity contribution in [2.24, 2.45) is 5.92 Å². The lowest BCUT2D eigenvalue weighted by atomic mass is 10.0. The fraction of sp³-hybridized carbons (Fsp3) is 0.857. The Kier molecular flexibility index (Phi) is 5.08. The van der Waals surface area contributed by atoms with Gasteiger partial charge in [-0.1, -0.05) is 20.3 Å². The van der Waals surface area contributed by atoms with Gasteiger partial charge in [0.2, 0.25) is 0 Å². The van der Waals surface area contributed by atoms with Gasteiger partial charge in [0.1, 0.15) is 0 Å². The molecular formula is C7H15O. The molecule has 0 fully saturated rings. The summed E-state index contributed by atoms with van der Waals surface area (Å²) < 4.78 is 0. The highest BCUT2D eigenvalue weighted by Crippen LogP contribution is 2.07. The summed E-state index contributed by atoms with van der Waals surface area (Å²) in [5.74, 6) is 0.683. The second-order valence-corrected chi connectivity index (χ2v) is 2.26. The molecule has 1 nitrogen and oxygen atoms in total. The summed E-state index contributed by atoms with van der Waals surface area (Å²) in [6.45, 7) is 6.24. The Bertz CT molecular complexity index is 43.7. The molecule has 0 bridgehead atoms. The van der Waals surface area contributed by atoms with E-state index in [4.69, 9.17) is 5.11 Å². The van der Waals surface area contributed by atoms with E-state index < -0.39 is 0 Å². The van der Waals surface area contributed by atoms with E-state index in [1.165, 1.54) is 0 Å². The fourth-order valence-corrected chi connectivity index (χ4v) is 0.584. The first-order valence-electron chi connectivity index (χ1n) is 3.21. The number of hydrogen-bond donors (Lipinski definition) is 1. The molecule has 0 aliphatic heterocycles. The monoisotopic (exact) mass is 115 g/mol. The minimum absolute atomic E-state index is 0.324. The Hall–Kier alpha value is -0.0400. The Balaban J connectivity index is 2.86. The normalized spacial score (nSPS) is 13.9. The molecule has 1 radical (unpaired) electrons. The van der Waals surface area contributed by atoms with Gasteiger partial charge in [-0.05, 0) is 18.8 Å². The van der Waals surface area contributed by atoms with Crippen LogP contribution in [0.2, 0.25) is 0 Å². The van der Waals surface area contributed by atoms with Crippen LogP contribution in [0.5, 0.6) is 0 Å². The predicted octanol–water partition coefficient (Wildman–Crippen LogP) is 1.62. The van der Waals surface area contributed by atoms with Gasteiger partial charge < -0.3 is 5.11 Å². The zero-order chi connectivity index (χ0) is 6.41. The lowest BCUT2D eigenvalue weighted by Crippen LogP contribution is -1.93. The molecule has 0 aromatic carbocycles. The van der Waals surface area contributed by atoms with Crippen molar-refractivity contribution < 1.29 is 5.11 Å². The van der Waals surface area contributed by atoms with Crippen molar-refractivity contribution in [2.45, 2.75) is 26.2 Å². The first-order valence-corrected chi connectivity index (χ1v) is 3.21. The fourth-order valence-electron chi connectivity index (χ4n) is 0.584. The third-order valence-electron chi connectivity index (χ3n) is 1.35. The molecule has 0 saturated heterocycles.